The first kappa shape index (κ1) is 18.8. The second-order valence-electron chi connectivity index (χ2n) is 5.46. The molecule has 0 aliphatic carbocycles. The molecule has 1 N–H and O–H groups in total. The van der Waals surface area contributed by atoms with Crippen LogP contribution < -0.4 is 10.1 Å². The van der Waals surface area contributed by atoms with Crippen molar-refractivity contribution in [2.75, 3.05) is 11.9 Å². The molecule has 0 bridgehead atoms. The van der Waals surface area contributed by atoms with Crippen LogP contribution in [0.25, 0.3) is 0 Å². The van der Waals surface area contributed by atoms with Gasteiger partial charge in [0.2, 0.25) is 0 Å². The van der Waals surface area contributed by atoms with Crippen LogP contribution in [0.2, 0.25) is 5.02 Å². The van der Waals surface area contributed by atoms with E-state index in [9.17, 15) is 9.59 Å². The predicted octanol–water partition coefficient (Wildman–Crippen LogP) is 4.23. The Morgan fingerprint density at radius 1 is 1.20 bits per heavy atom. The molecular weight excluding hydrogens is 342 g/mol. The Morgan fingerprint density at radius 2 is 1.96 bits per heavy atom. The monoisotopic (exact) mass is 361 g/mol. The molecule has 0 aromatic heterocycles. The van der Waals surface area contributed by atoms with Crippen LogP contribution in [-0.2, 0) is 9.53 Å². The van der Waals surface area contributed by atoms with Crippen LogP contribution in [0.15, 0.2) is 42.5 Å². The molecule has 2 rings (SSSR count). The van der Waals surface area contributed by atoms with Gasteiger partial charge >= 0.3 is 5.97 Å². The number of nitrogens with one attached hydrogen (secondary N) is 1. The molecule has 5 nitrogen and oxygen atoms in total. The number of ether oxygens (including phenoxy) is 2. The van der Waals surface area contributed by atoms with Crippen molar-refractivity contribution in [3.8, 4) is 5.75 Å². The number of benzene rings is 2. The highest BCUT2D eigenvalue weighted by molar-refractivity contribution is 6.30. The number of amides is 1. The fourth-order valence-electron chi connectivity index (χ4n) is 2.18. The van der Waals surface area contributed by atoms with Crippen LogP contribution in [0.5, 0.6) is 5.75 Å². The normalized spacial score (nSPS) is 11.5. The molecule has 1 unspecified atom stereocenters. The van der Waals surface area contributed by atoms with Crippen molar-refractivity contribution < 1.29 is 19.1 Å². The third kappa shape index (κ3) is 5.22. The molecule has 0 radical (unpaired) electrons. The van der Waals surface area contributed by atoms with Gasteiger partial charge in [-0.15, -0.1) is 0 Å². The molecule has 0 heterocycles. The largest absolute Gasteiger partial charge is 0.481 e. The van der Waals surface area contributed by atoms with Gasteiger partial charge in [-0.2, -0.15) is 0 Å². The Balaban J connectivity index is 2.03. The van der Waals surface area contributed by atoms with Crippen LogP contribution in [-0.4, -0.2) is 24.6 Å². The van der Waals surface area contributed by atoms with Gasteiger partial charge in [0.15, 0.2) is 6.10 Å². The summed E-state index contributed by atoms with van der Waals surface area (Å²) in [6, 6.07) is 11.8. The van der Waals surface area contributed by atoms with Crippen LogP contribution in [0.4, 0.5) is 5.69 Å². The van der Waals surface area contributed by atoms with E-state index in [0.29, 0.717) is 28.6 Å². The van der Waals surface area contributed by atoms with Gasteiger partial charge in [-0.05, 0) is 62.7 Å². The second-order valence-corrected chi connectivity index (χ2v) is 5.89. The molecule has 25 heavy (non-hydrogen) atoms. The minimum absolute atomic E-state index is 0.299. The first-order valence-electron chi connectivity index (χ1n) is 7.91. The Bertz CT molecular complexity index is 776. The first-order chi connectivity index (χ1) is 11.9. The molecule has 2 aromatic rings. The summed E-state index contributed by atoms with van der Waals surface area (Å²) in [4.78, 5) is 24.0. The third-order valence-corrected chi connectivity index (χ3v) is 3.71. The maximum atomic E-state index is 12.3. The van der Waals surface area contributed by atoms with Crippen LogP contribution in [0, 0.1) is 6.92 Å². The summed E-state index contributed by atoms with van der Waals surface area (Å²) in [6.07, 6.45) is -0.706. The van der Waals surface area contributed by atoms with Gasteiger partial charge in [0.25, 0.3) is 5.91 Å². The standard InChI is InChI=1S/C19H20ClNO4/c1-4-24-19(23)14-8-9-17(12(2)10-14)21-18(22)13(3)25-16-7-5-6-15(20)11-16/h5-11,13H,4H2,1-3H3,(H,21,22). The second kappa shape index (κ2) is 8.53. The number of halogens is 1. The van der Waals surface area contributed by atoms with Crippen molar-refractivity contribution >= 4 is 29.2 Å². The topological polar surface area (TPSA) is 64.6 Å². The Morgan fingerprint density at radius 3 is 2.60 bits per heavy atom. The SMILES string of the molecule is CCOC(=O)c1ccc(NC(=O)C(C)Oc2cccc(Cl)c2)c(C)c1. The number of carbonyl (C=O) groups excluding carboxylic acids is 2. The lowest BCUT2D eigenvalue weighted by Gasteiger charge is -2.16. The molecule has 0 saturated heterocycles. The first-order valence-corrected chi connectivity index (χ1v) is 8.29. The highest BCUT2D eigenvalue weighted by atomic mass is 35.5. The third-order valence-electron chi connectivity index (χ3n) is 3.47. The lowest BCUT2D eigenvalue weighted by atomic mass is 10.1. The zero-order valence-electron chi connectivity index (χ0n) is 14.3. The summed E-state index contributed by atoms with van der Waals surface area (Å²) in [6.45, 7) is 5.52. The highest BCUT2D eigenvalue weighted by Gasteiger charge is 2.17. The van der Waals surface area contributed by atoms with Gasteiger partial charge in [-0.1, -0.05) is 17.7 Å². The number of aryl methyl sites for hydroxylation is 1. The number of carbonyl (C=O) groups is 2. The van der Waals surface area contributed by atoms with Gasteiger partial charge in [0, 0.05) is 10.7 Å². The van der Waals surface area contributed by atoms with E-state index >= 15 is 0 Å². The maximum absolute atomic E-state index is 12.3. The highest BCUT2D eigenvalue weighted by Crippen LogP contribution is 2.20. The number of anilines is 1. The average molecular weight is 362 g/mol. The molecule has 2 aromatic carbocycles. The minimum Gasteiger partial charge on any atom is -0.481 e. The van der Waals surface area contributed by atoms with E-state index in [-0.39, 0.29) is 11.9 Å². The molecule has 1 atom stereocenters. The zero-order chi connectivity index (χ0) is 18.4. The van der Waals surface area contributed by atoms with E-state index in [0.717, 1.165) is 5.56 Å². The number of esters is 1. The van der Waals surface area contributed by atoms with E-state index in [1.54, 1.807) is 63.2 Å². The zero-order valence-corrected chi connectivity index (χ0v) is 15.1. The van der Waals surface area contributed by atoms with Crippen molar-refractivity contribution in [3.05, 3.63) is 58.6 Å². The molecule has 1 amide bonds. The van der Waals surface area contributed by atoms with Crippen molar-refractivity contribution in [2.24, 2.45) is 0 Å². The van der Waals surface area contributed by atoms with E-state index < -0.39 is 6.10 Å². The quantitative estimate of drug-likeness (QED) is 0.782. The molecule has 0 aliphatic rings. The van der Waals surface area contributed by atoms with E-state index in [1.165, 1.54) is 0 Å². The summed E-state index contributed by atoms with van der Waals surface area (Å²) < 4.78 is 10.6. The van der Waals surface area contributed by atoms with E-state index in [4.69, 9.17) is 21.1 Å². The number of rotatable bonds is 6. The van der Waals surface area contributed by atoms with Gasteiger partial charge < -0.3 is 14.8 Å². The lowest BCUT2D eigenvalue weighted by molar-refractivity contribution is -0.122. The maximum Gasteiger partial charge on any atom is 0.338 e. The molecule has 6 heteroatoms. The molecular formula is C19H20ClNO4. The van der Waals surface area contributed by atoms with Gasteiger partial charge in [0.1, 0.15) is 5.75 Å². The molecule has 0 saturated carbocycles. The van der Waals surface area contributed by atoms with E-state index in [1.807, 2.05) is 0 Å². The summed E-state index contributed by atoms with van der Waals surface area (Å²) in [5.41, 5.74) is 1.81. The minimum atomic E-state index is -0.706. The van der Waals surface area contributed by atoms with Crippen molar-refractivity contribution in [3.63, 3.8) is 0 Å². The van der Waals surface area contributed by atoms with Gasteiger partial charge in [-0.3, -0.25) is 4.79 Å². The van der Waals surface area contributed by atoms with Crippen molar-refractivity contribution in [1.29, 1.82) is 0 Å². The fraction of sp³-hybridized carbons (Fsp3) is 0.263. The van der Waals surface area contributed by atoms with Gasteiger partial charge in [0.05, 0.1) is 12.2 Å². The fourth-order valence-corrected chi connectivity index (χ4v) is 2.36. The summed E-state index contributed by atoms with van der Waals surface area (Å²) in [7, 11) is 0. The predicted molar refractivity (Wildman–Crippen MR) is 97.3 cm³/mol. The molecule has 0 fully saturated rings. The Labute approximate surface area is 151 Å². The number of hydrogen-bond acceptors (Lipinski definition) is 4. The van der Waals surface area contributed by atoms with Crippen LogP contribution in [0.3, 0.4) is 0 Å². The smallest absolute Gasteiger partial charge is 0.338 e. The Kier molecular flexibility index (Phi) is 6.42. The Hall–Kier alpha value is -2.53. The van der Waals surface area contributed by atoms with Crippen molar-refractivity contribution in [2.45, 2.75) is 26.9 Å². The molecule has 132 valence electrons. The van der Waals surface area contributed by atoms with Crippen LogP contribution >= 0.6 is 11.6 Å². The van der Waals surface area contributed by atoms with Crippen LogP contribution in [0.1, 0.15) is 29.8 Å². The summed E-state index contributed by atoms with van der Waals surface area (Å²) >= 11 is 5.90. The number of hydrogen-bond donors (Lipinski definition) is 1. The summed E-state index contributed by atoms with van der Waals surface area (Å²) in [5, 5.41) is 3.33. The van der Waals surface area contributed by atoms with E-state index in [2.05, 4.69) is 5.32 Å². The summed E-state index contributed by atoms with van der Waals surface area (Å²) in [5.74, 6) is -0.169. The molecule has 0 spiro atoms. The average Bonchev–Trinajstić information content (AvgIpc) is 2.56. The lowest BCUT2D eigenvalue weighted by Crippen LogP contribution is -2.30. The molecule has 0 aliphatic heterocycles. The van der Waals surface area contributed by atoms with Gasteiger partial charge in [-0.25, -0.2) is 4.79 Å². The van der Waals surface area contributed by atoms with Crippen molar-refractivity contribution in [1.82, 2.24) is 0 Å².